The van der Waals surface area contributed by atoms with Gasteiger partial charge in [0.15, 0.2) is 0 Å². The van der Waals surface area contributed by atoms with E-state index in [1.165, 1.54) is 16.7 Å². The number of rotatable bonds is 3. The molecule has 3 aromatic rings. The minimum absolute atomic E-state index is 0.00198. The number of halogens is 6. The second-order valence-electron chi connectivity index (χ2n) is 6.05. The van der Waals surface area contributed by atoms with Crippen LogP contribution < -0.4 is 5.56 Å². The molecule has 0 saturated heterocycles. The molecule has 0 aliphatic carbocycles. The lowest BCUT2D eigenvalue weighted by Crippen LogP contribution is -2.18. The molecule has 1 N–H and O–H groups in total. The van der Waals surface area contributed by atoms with Crippen LogP contribution in [0.4, 0.5) is 22.0 Å². The molecule has 0 aliphatic heterocycles. The van der Waals surface area contributed by atoms with Gasteiger partial charge in [-0.1, -0.05) is 6.92 Å². The maximum atomic E-state index is 13.5. The summed E-state index contributed by atoms with van der Waals surface area (Å²) in [6, 6.07) is 3.19. The highest BCUT2D eigenvalue weighted by atomic mass is 35.5. The van der Waals surface area contributed by atoms with Gasteiger partial charge < -0.3 is 9.55 Å². The summed E-state index contributed by atoms with van der Waals surface area (Å²) < 4.78 is 68.6. The standard InChI is InChI=1S/C17H14ClF5N2O/c1-3-11-8(2)14-12(25(11)7-16(18,19)20)5-4-10-15(14)9(17(21,22)23)6-13(26)24-10/h4-6H,3,7H2,1-2H3,(H,24,26). The molecule has 2 aromatic heterocycles. The molecule has 26 heavy (non-hydrogen) atoms. The third-order valence-electron chi connectivity index (χ3n) is 4.39. The first-order chi connectivity index (χ1) is 11.9. The van der Waals surface area contributed by atoms with E-state index < -0.39 is 29.2 Å². The number of aromatic nitrogens is 2. The molecule has 0 radical (unpaired) electrons. The Bertz CT molecular complexity index is 1060. The molecule has 0 saturated carbocycles. The lowest BCUT2D eigenvalue weighted by molar-refractivity contribution is -0.136. The summed E-state index contributed by atoms with van der Waals surface area (Å²) >= 11 is 5.07. The number of pyridine rings is 1. The zero-order valence-electron chi connectivity index (χ0n) is 13.8. The minimum atomic E-state index is -4.77. The number of nitrogens with zero attached hydrogens (tertiary/aromatic N) is 1. The molecular weight excluding hydrogens is 379 g/mol. The zero-order valence-corrected chi connectivity index (χ0v) is 14.5. The van der Waals surface area contributed by atoms with Gasteiger partial charge in [0.25, 0.3) is 0 Å². The average molecular weight is 393 g/mol. The van der Waals surface area contributed by atoms with Crippen LogP contribution in [0, 0.1) is 6.92 Å². The van der Waals surface area contributed by atoms with Crippen molar-refractivity contribution in [2.45, 2.75) is 38.4 Å². The minimum Gasteiger partial charge on any atom is -0.337 e. The van der Waals surface area contributed by atoms with Crippen molar-refractivity contribution in [3.05, 3.63) is 45.4 Å². The Hall–Kier alpha value is -2.09. The van der Waals surface area contributed by atoms with Gasteiger partial charge in [-0.25, -0.2) is 0 Å². The largest absolute Gasteiger partial charge is 0.417 e. The molecule has 0 unspecified atom stereocenters. The van der Waals surface area contributed by atoms with Gasteiger partial charge in [-0.05, 0) is 42.6 Å². The van der Waals surface area contributed by atoms with Crippen molar-refractivity contribution >= 4 is 33.4 Å². The molecule has 0 fully saturated rings. The van der Waals surface area contributed by atoms with E-state index >= 15 is 0 Å². The quantitative estimate of drug-likeness (QED) is 0.482. The fourth-order valence-electron chi connectivity index (χ4n) is 3.48. The number of aromatic amines is 1. The number of benzene rings is 1. The molecule has 0 spiro atoms. The second-order valence-corrected chi connectivity index (χ2v) is 6.61. The van der Waals surface area contributed by atoms with Gasteiger partial charge in [-0.15, -0.1) is 0 Å². The smallest absolute Gasteiger partial charge is 0.337 e. The van der Waals surface area contributed by atoms with E-state index in [1.807, 2.05) is 0 Å². The molecule has 140 valence electrons. The van der Waals surface area contributed by atoms with E-state index in [9.17, 15) is 26.7 Å². The molecule has 9 heteroatoms. The summed E-state index contributed by atoms with van der Waals surface area (Å²) in [6.45, 7) is 2.44. The normalized spacial score (nSPS) is 13.1. The highest BCUT2D eigenvalue weighted by Gasteiger charge is 2.35. The van der Waals surface area contributed by atoms with Gasteiger partial charge >= 0.3 is 11.6 Å². The van der Waals surface area contributed by atoms with Crippen LogP contribution in [0.1, 0.15) is 23.7 Å². The summed E-state index contributed by atoms with van der Waals surface area (Å²) in [5.41, 5.74) is -0.854. The first-order valence-corrected chi connectivity index (χ1v) is 8.13. The van der Waals surface area contributed by atoms with E-state index in [4.69, 9.17) is 11.6 Å². The van der Waals surface area contributed by atoms with Crippen LogP contribution in [0.15, 0.2) is 23.0 Å². The number of H-pyrrole nitrogens is 1. The van der Waals surface area contributed by atoms with Crippen molar-refractivity contribution in [1.82, 2.24) is 9.55 Å². The van der Waals surface area contributed by atoms with Crippen molar-refractivity contribution in [1.29, 1.82) is 0 Å². The summed E-state index contributed by atoms with van der Waals surface area (Å²) in [6.07, 6.45) is -4.43. The number of nitrogens with one attached hydrogen (secondary N) is 1. The first kappa shape index (κ1) is 18.7. The van der Waals surface area contributed by atoms with Crippen molar-refractivity contribution in [2.75, 3.05) is 0 Å². The van der Waals surface area contributed by atoms with Crippen LogP contribution in [0.25, 0.3) is 21.8 Å². The van der Waals surface area contributed by atoms with Crippen molar-refractivity contribution < 1.29 is 22.0 Å². The molecular formula is C17H14ClF5N2O. The van der Waals surface area contributed by atoms with Crippen LogP contribution in [-0.4, -0.2) is 14.9 Å². The summed E-state index contributed by atoms with van der Waals surface area (Å²) in [5, 5.41) is -3.57. The van der Waals surface area contributed by atoms with Gasteiger partial charge in [0.2, 0.25) is 5.56 Å². The Kier molecular flexibility index (Phi) is 4.29. The lowest BCUT2D eigenvalue weighted by Gasteiger charge is -2.14. The van der Waals surface area contributed by atoms with Gasteiger partial charge in [-0.3, -0.25) is 4.79 Å². The molecule has 0 amide bonds. The Balaban J connectivity index is 2.53. The van der Waals surface area contributed by atoms with E-state index in [0.29, 0.717) is 23.7 Å². The predicted octanol–water partition coefficient (Wildman–Crippen LogP) is 5.20. The highest BCUT2D eigenvalue weighted by molar-refractivity contribution is 6.21. The Morgan fingerprint density at radius 1 is 1.15 bits per heavy atom. The first-order valence-electron chi connectivity index (χ1n) is 7.75. The van der Waals surface area contributed by atoms with Crippen LogP contribution in [0.2, 0.25) is 0 Å². The molecule has 0 bridgehead atoms. The molecule has 0 atom stereocenters. The number of hydrogen-bond acceptors (Lipinski definition) is 1. The van der Waals surface area contributed by atoms with Crippen LogP contribution >= 0.6 is 11.6 Å². The monoisotopic (exact) mass is 392 g/mol. The molecule has 0 aliphatic rings. The van der Waals surface area contributed by atoms with Crippen LogP contribution in [-0.2, 0) is 19.1 Å². The number of aryl methyl sites for hydroxylation is 1. The van der Waals surface area contributed by atoms with Crippen molar-refractivity contribution in [2.24, 2.45) is 0 Å². The number of fused-ring (bicyclic) bond motifs is 3. The second kappa shape index (κ2) is 5.97. The highest BCUT2D eigenvalue weighted by Crippen LogP contribution is 2.40. The third kappa shape index (κ3) is 3.06. The molecule has 1 aromatic carbocycles. The maximum absolute atomic E-state index is 13.5. The van der Waals surface area contributed by atoms with Crippen LogP contribution in [0.3, 0.4) is 0 Å². The van der Waals surface area contributed by atoms with Gasteiger partial charge in [-0.2, -0.15) is 22.0 Å². The average Bonchev–Trinajstić information content (AvgIpc) is 2.75. The maximum Gasteiger partial charge on any atom is 0.417 e. The van der Waals surface area contributed by atoms with E-state index in [-0.39, 0.29) is 21.8 Å². The third-order valence-corrected chi connectivity index (χ3v) is 4.51. The van der Waals surface area contributed by atoms with Gasteiger partial charge in [0.1, 0.15) is 6.54 Å². The fourth-order valence-corrected chi connectivity index (χ4v) is 3.60. The topological polar surface area (TPSA) is 37.8 Å². The van der Waals surface area contributed by atoms with E-state index in [1.54, 1.807) is 13.8 Å². The van der Waals surface area contributed by atoms with Gasteiger partial charge in [0.05, 0.1) is 5.56 Å². The summed E-state index contributed by atoms with van der Waals surface area (Å²) in [5.74, 6) is 0. The Labute approximate surface area is 149 Å². The number of alkyl halides is 6. The van der Waals surface area contributed by atoms with E-state index in [2.05, 4.69) is 4.98 Å². The van der Waals surface area contributed by atoms with Crippen molar-refractivity contribution in [3.8, 4) is 0 Å². The van der Waals surface area contributed by atoms with Crippen molar-refractivity contribution in [3.63, 3.8) is 0 Å². The molecule has 2 heterocycles. The zero-order chi connectivity index (χ0) is 19.4. The summed E-state index contributed by atoms with van der Waals surface area (Å²) in [7, 11) is 0. The SMILES string of the molecule is CCc1c(C)c2c3c(C(F)(F)F)cc(=O)[nH]c3ccc2n1CC(F)(F)Cl. The molecule has 3 rings (SSSR count). The lowest BCUT2D eigenvalue weighted by atomic mass is 10.0. The number of hydrogen-bond donors (Lipinski definition) is 1. The Morgan fingerprint density at radius 3 is 2.35 bits per heavy atom. The van der Waals surface area contributed by atoms with E-state index in [0.717, 1.165) is 0 Å². The Morgan fingerprint density at radius 2 is 1.81 bits per heavy atom. The molecule has 3 nitrogen and oxygen atoms in total. The summed E-state index contributed by atoms with van der Waals surface area (Å²) in [4.78, 5) is 14.0. The van der Waals surface area contributed by atoms with Gasteiger partial charge in [0, 0.05) is 33.6 Å². The predicted molar refractivity (Wildman–Crippen MR) is 90.0 cm³/mol. The van der Waals surface area contributed by atoms with Crippen LogP contribution in [0.5, 0.6) is 0 Å². The fraction of sp³-hybridized carbons (Fsp3) is 0.353.